The van der Waals surface area contributed by atoms with Crippen LogP contribution < -0.4 is 113 Å². The Hall–Kier alpha value is 3.45. The third-order valence-corrected chi connectivity index (χ3v) is 0.671. The predicted molar refractivity (Wildman–Crippen MR) is 17.2 cm³/mol. The monoisotopic (exact) mass is 186 g/mol. The summed E-state index contributed by atoms with van der Waals surface area (Å²) in [5.41, 5.74) is 0. The minimum Gasteiger partial charge on any atom is -0.791 e. The molecule has 0 N–H and O–H groups in total. The van der Waals surface area contributed by atoms with Gasteiger partial charge in [0, 0.05) is 7.82 Å². The molecule has 8 heavy (non-hydrogen) atoms. The van der Waals surface area contributed by atoms with Crippen LogP contribution in [0.5, 0.6) is 0 Å². The van der Waals surface area contributed by atoms with Crippen molar-refractivity contribution in [3.63, 3.8) is 0 Å². The van der Waals surface area contributed by atoms with Crippen LogP contribution in [0.4, 0.5) is 0 Å². The molecule has 4 nitrogen and oxygen atoms in total. The van der Waals surface area contributed by atoms with E-state index in [2.05, 4.69) is 4.44 Å². The normalized spacial score (nSPS) is 8.75. The number of hydrogen-bond acceptors (Lipinski definition) is 4. The zero-order chi connectivity index (χ0) is 5.21. The molecule has 0 heterocycles. The van der Waals surface area contributed by atoms with Gasteiger partial charge in [0.25, 0.3) is 8.05 Å². The first kappa shape index (κ1) is 17.5. The van der Waals surface area contributed by atoms with Gasteiger partial charge >= 0.3 is 103 Å². The molecular weight excluding hydrogens is 184 g/mol. The van der Waals surface area contributed by atoms with E-state index < -0.39 is 7.82 Å². The van der Waals surface area contributed by atoms with Crippen LogP contribution in [0.15, 0.2) is 0 Å². The molecule has 0 aliphatic rings. The van der Waals surface area contributed by atoms with Crippen molar-refractivity contribution in [3.8, 4) is 0 Å². The Kier molecular flexibility index (Phi) is 18.7. The molecule has 0 atom stereocenters. The third kappa shape index (κ3) is 16.2. The van der Waals surface area contributed by atoms with E-state index >= 15 is 0 Å². The fraction of sp³-hybridized carbons (Fsp3) is 0. The summed E-state index contributed by atoms with van der Waals surface area (Å²) < 4.78 is 12.6. The minimum atomic E-state index is -4.65. The van der Waals surface area contributed by atoms with Gasteiger partial charge in [-0.1, -0.05) is 0 Å². The van der Waals surface area contributed by atoms with Gasteiger partial charge in [-0.3, -0.25) is 0 Å². The standard InChI is InChI=1S/BH4O4P.2K/c1-5-6(2,3)4;;/h1H2,(H2,2,3,4);;/q;2*+1/p-2. The van der Waals surface area contributed by atoms with Crippen LogP contribution in [-0.4, -0.2) is 8.05 Å². The molecule has 0 bridgehead atoms. The number of phosphoric acid groups is 1. The zero-order valence-electron chi connectivity index (χ0n) is 5.08. The molecule has 36 valence electrons. The Bertz CT molecular complexity index is 78.1. The molecule has 8 heteroatoms. The predicted octanol–water partition coefficient (Wildman–Crippen LogP) is -8.61. The van der Waals surface area contributed by atoms with E-state index in [1.165, 1.54) is 0 Å². The van der Waals surface area contributed by atoms with Crippen molar-refractivity contribution in [2.45, 2.75) is 0 Å². The summed E-state index contributed by atoms with van der Waals surface area (Å²) in [5.74, 6) is 0. The van der Waals surface area contributed by atoms with Gasteiger partial charge in [-0.25, -0.2) is 0 Å². The van der Waals surface area contributed by atoms with E-state index in [-0.39, 0.29) is 103 Å². The molecule has 0 saturated heterocycles. The summed E-state index contributed by atoms with van der Waals surface area (Å²) in [6.45, 7) is 0. The maximum absolute atomic E-state index is 9.25. The third-order valence-electron chi connectivity index (χ3n) is 0.224. The summed E-state index contributed by atoms with van der Waals surface area (Å²) in [6.07, 6.45) is 0. The quantitative estimate of drug-likeness (QED) is 0.301. The molecule has 0 unspecified atom stereocenters. The average Bonchev–Trinajstić information content (AvgIpc) is 1.35. The van der Waals surface area contributed by atoms with E-state index in [1.807, 2.05) is 0 Å². The second-order valence-corrected chi connectivity index (χ2v) is 1.89. The molecule has 0 rings (SSSR count). The van der Waals surface area contributed by atoms with Crippen LogP contribution in [0.3, 0.4) is 0 Å². The van der Waals surface area contributed by atoms with Crippen molar-refractivity contribution >= 4 is 15.9 Å². The van der Waals surface area contributed by atoms with Crippen LogP contribution >= 0.6 is 7.82 Å². The van der Waals surface area contributed by atoms with Crippen LogP contribution in [0, 0.1) is 0 Å². The molecule has 0 aromatic heterocycles. The molecule has 0 aliphatic carbocycles. The first-order valence-electron chi connectivity index (χ1n) is 1.14. The van der Waals surface area contributed by atoms with Crippen molar-refractivity contribution < 1.29 is 122 Å². The first-order chi connectivity index (χ1) is 2.56. The Morgan fingerprint density at radius 3 is 1.50 bits per heavy atom. The topological polar surface area (TPSA) is 72.4 Å². The van der Waals surface area contributed by atoms with Gasteiger partial charge in [-0.2, -0.15) is 0 Å². The number of rotatable bonds is 1. The van der Waals surface area contributed by atoms with E-state index in [1.54, 1.807) is 0 Å². The molecule has 0 aromatic rings. The SMILES string of the molecule is BOP(=O)([O-])[O-].[K+].[K+]. The van der Waals surface area contributed by atoms with Crippen molar-refractivity contribution in [3.05, 3.63) is 0 Å². The molecule has 0 saturated carbocycles. The molecule has 0 aliphatic heterocycles. The second kappa shape index (κ2) is 8.54. The Morgan fingerprint density at radius 1 is 1.38 bits per heavy atom. The maximum Gasteiger partial charge on any atom is 1.00 e. The molecule has 0 spiro atoms. The minimum absolute atomic E-state index is 0. The molecule has 0 aromatic carbocycles. The fourth-order valence-electron chi connectivity index (χ4n) is 0. The van der Waals surface area contributed by atoms with Crippen LogP contribution in [-0.2, 0) is 9.01 Å². The van der Waals surface area contributed by atoms with Crippen LogP contribution in [0.25, 0.3) is 0 Å². The average molecular weight is 186 g/mol. The van der Waals surface area contributed by atoms with E-state index in [9.17, 15) is 14.4 Å². The second-order valence-electron chi connectivity index (χ2n) is 0.630. The maximum atomic E-state index is 9.25. The summed E-state index contributed by atoms with van der Waals surface area (Å²) in [6, 6.07) is 0. The molecule has 0 fully saturated rings. The van der Waals surface area contributed by atoms with E-state index in [0.717, 1.165) is 8.05 Å². The van der Waals surface area contributed by atoms with Gasteiger partial charge in [0.05, 0.1) is 0 Å². The molecule has 0 radical (unpaired) electrons. The summed E-state index contributed by atoms with van der Waals surface area (Å²) in [7, 11) is -3.83. The van der Waals surface area contributed by atoms with Crippen molar-refractivity contribution in [1.82, 2.24) is 0 Å². The molecule has 0 amide bonds. The van der Waals surface area contributed by atoms with Gasteiger partial charge in [-0.15, -0.1) is 0 Å². The molecular formula is H2BK2O4P. The Balaban J connectivity index is -0.000000125. The van der Waals surface area contributed by atoms with Gasteiger partial charge in [0.15, 0.2) is 0 Å². The smallest absolute Gasteiger partial charge is 0.791 e. The van der Waals surface area contributed by atoms with Gasteiger partial charge in [0.1, 0.15) is 0 Å². The fourth-order valence-corrected chi connectivity index (χ4v) is 0. The van der Waals surface area contributed by atoms with Gasteiger partial charge < -0.3 is 18.8 Å². The van der Waals surface area contributed by atoms with Crippen molar-refractivity contribution in [1.29, 1.82) is 0 Å². The van der Waals surface area contributed by atoms with Crippen molar-refractivity contribution in [2.75, 3.05) is 0 Å². The van der Waals surface area contributed by atoms with Crippen molar-refractivity contribution in [2.24, 2.45) is 0 Å². The zero-order valence-corrected chi connectivity index (χ0v) is 12.2. The summed E-state index contributed by atoms with van der Waals surface area (Å²) in [5, 5.41) is 0. The van der Waals surface area contributed by atoms with Crippen LogP contribution in [0.1, 0.15) is 0 Å². The summed E-state index contributed by atoms with van der Waals surface area (Å²) in [4.78, 5) is 18.5. The van der Waals surface area contributed by atoms with Crippen LogP contribution in [0.2, 0.25) is 0 Å². The first-order valence-corrected chi connectivity index (χ1v) is 2.60. The van der Waals surface area contributed by atoms with Gasteiger partial charge in [0.2, 0.25) is 0 Å². The van der Waals surface area contributed by atoms with E-state index in [0.29, 0.717) is 0 Å². The number of hydrogen-bond donors (Lipinski definition) is 0. The largest absolute Gasteiger partial charge is 1.00 e. The van der Waals surface area contributed by atoms with E-state index in [4.69, 9.17) is 0 Å². The Morgan fingerprint density at radius 2 is 1.50 bits per heavy atom. The summed E-state index contributed by atoms with van der Waals surface area (Å²) >= 11 is 0. The Labute approximate surface area is 134 Å². The van der Waals surface area contributed by atoms with Gasteiger partial charge in [-0.05, 0) is 0 Å².